The van der Waals surface area contributed by atoms with Gasteiger partial charge in [-0.3, -0.25) is 4.79 Å². The Labute approximate surface area is 235 Å². The number of benzene rings is 3. The standard InChI is InChI=1S/C32H36N2O6/c1-5-20(2)29(30(35)33-21(3)31(36)39-18-22-14-16-23(38-4)17-15-22)34-32(37)40-19-28-26-12-8-6-10-24(26)25-11-7-9-13-27(25)28/h6-17,20-21,28-29H,5,18-19H2,1-4H3,(H,33,35)(H,34,37)/t20-,21-,29-/m0/s1. The number of alkyl carbamates (subject to hydrolysis) is 1. The number of nitrogens with one attached hydrogen (secondary N) is 2. The van der Waals surface area contributed by atoms with Gasteiger partial charge in [-0.2, -0.15) is 0 Å². The fourth-order valence-electron chi connectivity index (χ4n) is 4.83. The van der Waals surface area contributed by atoms with Gasteiger partial charge in [-0.25, -0.2) is 9.59 Å². The van der Waals surface area contributed by atoms with Crippen LogP contribution in [-0.2, 0) is 25.7 Å². The summed E-state index contributed by atoms with van der Waals surface area (Å²) in [5.41, 5.74) is 5.28. The summed E-state index contributed by atoms with van der Waals surface area (Å²) in [6.45, 7) is 5.55. The molecular formula is C32H36N2O6. The number of carbonyl (C=O) groups excluding carboxylic acids is 3. The number of hydrogen-bond donors (Lipinski definition) is 2. The van der Waals surface area contributed by atoms with Crippen molar-refractivity contribution in [3.8, 4) is 16.9 Å². The fraction of sp³-hybridized carbons (Fsp3) is 0.344. The minimum absolute atomic E-state index is 0.0653. The predicted octanol–water partition coefficient (Wildman–Crippen LogP) is 5.20. The molecule has 0 spiro atoms. The third-order valence-electron chi connectivity index (χ3n) is 7.36. The maximum atomic E-state index is 13.1. The third-order valence-corrected chi connectivity index (χ3v) is 7.36. The van der Waals surface area contributed by atoms with Gasteiger partial charge >= 0.3 is 12.1 Å². The van der Waals surface area contributed by atoms with Crippen LogP contribution in [0.2, 0.25) is 0 Å². The number of rotatable bonds is 11. The molecule has 0 saturated heterocycles. The van der Waals surface area contributed by atoms with Gasteiger partial charge in [0.1, 0.15) is 31.0 Å². The Bertz CT molecular complexity index is 1290. The van der Waals surface area contributed by atoms with Crippen molar-refractivity contribution in [3.63, 3.8) is 0 Å². The quantitative estimate of drug-likeness (QED) is 0.322. The molecule has 0 radical (unpaired) electrons. The summed E-state index contributed by atoms with van der Waals surface area (Å²) < 4.78 is 16.1. The summed E-state index contributed by atoms with van der Waals surface area (Å²) in [4.78, 5) is 38.5. The SMILES string of the molecule is CC[C@H](C)[C@H](NC(=O)OCC1c2ccccc2-c2ccccc21)C(=O)N[C@@H](C)C(=O)OCc1ccc(OC)cc1. The lowest BCUT2D eigenvalue weighted by Gasteiger charge is -2.25. The van der Waals surface area contributed by atoms with Crippen LogP contribution in [0.25, 0.3) is 11.1 Å². The molecule has 4 rings (SSSR count). The first-order valence-electron chi connectivity index (χ1n) is 13.5. The number of carbonyl (C=O) groups is 3. The highest BCUT2D eigenvalue weighted by atomic mass is 16.5. The van der Waals surface area contributed by atoms with E-state index in [2.05, 4.69) is 22.8 Å². The van der Waals surface area contributed by atoms with Crippen LogP contribution >= 0.6 is 0 Å². The second-order valence-corrected chi connectivity index (χ2v) is 10.0. The van der Waals surface area contributed by atoms with Crippen molar-refractivity contribution < 1.29 is 28.6 Å². The third kappa shape index (κ3) is 6.62. The Morgan fingerprint density at radius 1 is 0.825 bits per heavy atom. The van der Waals surface area contributed by atoms with E-state index in [1.807, 2.05) is 50.2 Å². The molecule has 0 aliphatic heterocycles. The number of methoxy groups -OCH3 is 1. The molecule has 0 fully saturated rings. The number of hydrogen-bond acceptors (Lipinski definition) is 6. The van der Waals surface area contributed by atoms with Gasteiger partial charge in [-0.1, -0.05) is 80.9 Å². The van der Waals surface area contributed by atoms with E-state index in [0.29, 0.717) is 12.2 Å². The van der Waals surface area contributed by atoms with E-state index in [9.17, 15) is 14.4 Å². The van der Waals surface area contributed by atoms with Crippen LogP contribution in [0.1, 0.15) is 49.8 Å². The fourth-order valence-corrected chi connectivity index (χ4v) is 4.83. The number of ether oxygens (including phenoxy) is 3. The van der Waals surface area contributed by atoms with Gasteiger partial charge in [0.15, 0.2) is 0 Å². The molecule has 0 unspecified atom stereocenters. The van der Waals surface area contributed by atoms with Crippen LogP contribution in [0.3, 0.4) is 0 Å². The van der Waals surface area contributed by atoms with E-state index in [0.717, 1.165) is 27.8 Å². The molecule has 3 aromatic rings. The minimum Gasteiger partial charge on any atom is -0.497 e. The van der Waals surface area contributed by atoms with Gasteiger partial charge in [-0.05, 0) is 52.8 Å². The zero-order chi connectivity index (χ0) is 28.6. The largest absolute Gasteiger partial charge is 0.497 e. The van der Waals surface area contributed by atoms with Crippen LogP contribution in [0, 0.1) is 5.92 Å². The Morgan fingerprint density at radius 2 is 1.43 bits per heavy atom. The van der Waals surface area contributed by atoms with Crippen LogP contribution < -0.4 is 15.4 Å². The van der Waals surface area contributed by atoms with Crippen molar-refractivity contribution in [1.82, 2.24) is 10.6 Å². The van der Waals surface area contributed by atoms with Gasteiger partial charge in [0.2, 0.25) is 5.91 Å². The van der Waals surface area contributed by atoms with Crippen molar-refractivity contribution in [2.75, 3.05) is 13.7 Å². The van der Waals surface area contributed by atoms with E-state index < -0.39 is 30.1 Å². The highest BCUT2D eigenvalue weighted by Crippen LogP contribution is 2.44. The van der Waals surface area contributed by atoms with Gasteiger partial charge in [-0.15, -0.1) is 0 Å². The Balaban J connectivity index is 1.32. The summed E-state index contributed by atoms with van der Waals surface area (Å²) in [5, 5.41) is 5.39. The lowest BCUT2D eigenvalue weighted by molar-refractivity contribution is -0.148. The zero-order valence-corrected chi connectivity index (χ0v) is 23.3. The van der Waals surface area contributed by atoms with Gasteiger partial charge < -0.3 is 24.8 Å². The monoisotopic (exact) mass is 544 g/mol. The summed E-state index contributed by atoms with van der Waals surface area (Å²) in [6.07, 6.45) is -0.0463. The summed E-state index contributed by atoms with van der Waals surface area (Å²) in [6, 6.07) is 21.6. The first kappa shape index (κ1) is 28.7. The highest BCUT2D eigenvalue weighted by molar-refractivity contribution is 5.89. The van der Waals surface area contributed by atoms with Crippen molar-refractivity contribution in [3.05, 3.63) is 89.5 Å². The molecule has 1 aliphatic rings. The van der Waals surface area contributed by atoms with E-state index in [-0.39, 0.29) is 25.0 Å². The zero-order valence-electron chi connectivity index (χ0n) is 23.3. The molecule has 1 aliphatic carbocycles. The van der Waals surface area contributed by atoms with E-state index in [4.69, 9.17) is 14.2 Å². The molecule has 2 amide bonds. The normalized spacial score (nSPS) is 14.2. The second kappa shape index (κ2) is 13.2. The van der Waals surface area contributed by atoms with Crippen molar-refractivity contribution in [2.45, 2.75) is 51.8 Å². The molecule has 2 N–H and O–H groups in total. The van der Waals surface area contributed by atoms with Crippen molar-refractivity contribution in [2.24, 2.45) is 5.92 Å². The van der Waals surface area contributed by atoms with Crippen LogP contribution in [0.5, 0.6) is 5.75 Å². The molecule has 3 atom stereocenters. The van der Waals surface area contributed by atoms with Crippen LogP contribution in [0.15, 0.2) is 72.8 Å². The average Bonchev–Trinajstić information content (AvgIpc) is 3.30. The van der Waals surface area contributed by atoms with E-state index in [1.165, 1.54) is 0 Å². The summed E-state index contributed by atoms with van der Waals surface area (Å²) >= 11 is 0. The molecule has 0 heterocycles. The highest BCUT2D eigenvalue weighted by Gasteiger charge is 2.32. The second-order valence-electron chi connectivity index (χ2n) is 10.0. The predicted molar refractivity (Wildman–Crippen MR) is 152 cm³/mol. The molecular weight excluding hydrogens is 508 g/mol. The van der Waals surface area contributed by atoms with Crippen molar-refractivity contribution in [1.29, 1.82) is 0 Å². The summed E-state index contributed by atoms with van der Waals surface area (Å²) in [5.74, 6) is -0.627. The first-order valence-corrected chi connectivity index (χ1v) is 13.5. The van der Waals surface area contributed by atoms with Crippen LogP contribution in [0.4, 0.5) is 4.79 Å². The minimum atomic E-state index is -0.901. The molecule has 0 bridgehead atoms. The lowest BCUT2D eigenvalue weighted by atomic mass is 9.98. The van der Waals surface area contributed by atoms with Gasteiger partial charge in [0, 0.05) is 5.92 Å². The molecule has 0 saturated carbocycles. The number of amides is 2. The molecule has 40 heavy (non-hydrogen) atoms. The number of fused-ring (bicyclic) bond motifs is 3. The maximum absolute atomic E-state index is 13.1. The number of esters is 1. The lowest BCUT2D eigenvalue weighted by Crippen LogP contribution is -2.53. The molecule has 8 nitrogen and oxygen atoms in total. The molecule has 8 heteroatoms. The Hall–Kier alpha value is -4.33. The molecule has 210 valence electrons. The smallest absolute Gasteiger partial charge is 0.407 e. The van der Waals surface area contributed by atoms with E-state index in [1.54, 1.807) is 38.3 Å². The topological polar surface area (TPSA) is 103 Å². The van der Waals surface area contributed by atoms with Crippen LogP contribution in [-0.4, -0.2) is 43.8 Å². The van der Waals surface area contributed by atoms with Gasteiger partial charge in [0.05, 0.1) is 7.11 Å². The van der Waals surface area contributed by atoms with Gasteiger partial charge in [0.25, 0.3) is 0 Å². The Morgan fingerprint density at radius 3 is 2.00 bits per heavy atom. The summed E-state index contributed by atoms with van der Waals surface area (Å²) in [7, 11) is 1.58. The Kier molecular flexibility index (Phi) is 9.43. The average molecular weight is 545 g/mol. The van der Waals surface area contributed by atoms with Crippen molar-refractivity contribution >= 4 is 18.0 Å². The molecule has 3 aromatic carbocycles. The first-order chi connectivity index (χ1) is 19.3. The maximum Gasteiger partial charge on any atom is 0.407 e. The molecule has 0 aromatic heterocycles. The van der Waals surface area contributed by atoms with E-state index >= 15 is 0 Å².